The Kier molecular flexibility index (Phi) is 3.03. The first kappa shape index (κ1) is 9.52. The van der Waals surface area contributed by atoms with E-state index in [1.807, 2.05) is 6.07 Å². The van der Waals surface area contributed by atoms with Crippen molar-refractivity contribution in [3.63, 3.8) is 0 Å². The molecule has 1 fully saturated rings. The van der Waals surface area contributed by atoms with Gasteiger partial charge in [0.1, 0.15) is 5.82 Å². The van der Waals surface area contributed by atoms with Crippen molar-refractivity contribution in [1.82, 2.24) is 15.5 Å². The van der Waals surface area contributed by atoms with Gasteiger partial charge in [0.25, 0.3) is 0 Å². The molecule has 0 aromatic carbocycles. The minimum absolute atomic E-state index is 0.594. The van der Waals surface area contributed by atoms with Crippen molar-refractivity contribution in [2.45, 2.75) is 38.1 Å². The Morgan fingerprint density at radius 2 is 2.43 bits per heavy atom. The van der Waals surface area contributed by atoms with Gasteiger partial charge in [-0.1, -0.05) is 6.42 Å². The van der Waals surface area contributed by atoms with Crippen LogP contribution in [-0.4, -0.2) is 22.8 Å². The van der Waals surface area contributed by atoms with Crippen LogP contribution in [0.15, 0.2) is 6.07 Å². The molecule has 1 aliphatic heterocycles. The lowest BCUT2D eigenvalue weighted by Gasteiger charge is -2.22. The first-order chi connectivity index (χ1) is 6.84. The van der Waals surface area contributed by atoms with Crippen LogP contribution in [0.5, 0.6) is 0 Å². The molecule has 0 saturated carbocycles. The van der Waals surface area contributed by atoms with Gasteiger partial charge in [0.2, 0.25) is 0 Å². The van der Waals surface area contributed by atoms with Crippen molar-refractivity contribution in [3.8, 4) is 0 Å². The van der Waals surface area contributed by atoms with Crippen LogP contribution in [0.3, 0.4) is 0 Å². The molecule has 4 heteroatoms. The molecule has 14 heavy (non-hydrogen) atoms. The van der Waals surface area contributed by atoms with Crippen LogP contribution >= 0.6 is 0 Å². The number of nitrogen functional groups attached to an aromatic ring is 1. The molecule has 4 nitrogen and oxygen atoms in total. The van der Waals surface area contributed by atoms with Crippen LogP contribution in [0, 0.1) is 0 Å². The molecule has 0 aliphatic carbocycles. The number of aromatic nitrogens is 2. The lowest BCUT2D eigenvalue weighted by atomic mass is 10.00. The number of hydrogen-bond acceptors (Lipinski definition) is 3. The van der Waals surface area contributed by atoms with Gasteiger partial charge in [-0.2, -0.15) is 5.10 Å². The lowest BCUT2D eigenvalue weighted by Crippen LogP contribution is -2.34. The van der Waals surface area contributed by atoms with E-state index in [1.165, 1.54) is 32.2 Å². The third-order valence-corrected chi connectivity index (χ3v) is 2.83. The normalized spacial score (nSPS) is 22.4. The fourth-order valence-electron chi connectivity index (χ4n) is 2.01. The molecular weight excluding hydrogens is 176 g/mol. The largest absolute Gasteiger partial charge is 0.382 e. The molecule has 2 rings (SSSR count). The number of nitrogens with two attached hydrogens (primary N) is 1. The summed E-state index contributed by atoms with van der Waals surface area (Å²) in [5.74, 6) is 0.594. The fourth-order valence-corrected chi connectivity index (χ4v) is 2.01. The molecule has 78 valence electrons. The van der Waals surface area contributed by atoms with Crippen molar-refractivity contribution in [1.29, 1.82) is 0 Å². The number of nitrogens with zero attached hydrogens (tertiary/aromatic N) is 1. The number of anilines is 1. The van der Waals surface area contributed by atoms with Gasteiger partial charge in [0, 0.05) is 17.8 Å². The monoisotopic (exact) mass is 194 g/mol. The molecule has 4 N–H and O–H groups in total. The minimum Gasteiger partial charge on any atom is -0.382 e. The SMILES string of the molecule is Nc1cc(CCC2CCCCN2)[nH]n1. The second-order valence-electron chi connectivity index (χ2n) is 4.00. The first-order valence-electron chi connectivity index (χ1n) is 5.38. The molecule has 1 saturated heterocycles. The fraction of sp³-hybridized carbons (Fsp3) is 0.700. The predicted molar refractivity (Wildman–Crippen MR) is 57.0 cm³/mol. The van der Waals surface area contributed by atoms with E-state index >= 15 is 0 Å². The average Bonchev–Trinajstić information content (AvgIpc) is 2.63. The summed E-state index contributed by atoms with van der Waals surface area (Å²) >= 11 is 0. The van der Waals surface area contributed by atoms with E-state index in [4.69, 9.17) is 5.73 Å². The Bertz CT molecular complexity index is 275. The van der Waals surface area contributed by atoms with E-state index in [0.717, 1.165) is 12.1 Å². The predicted octanol–water partition coefficient (Wildman–Crippen LogP) is 1.07. The smallest absolute Gasteiger partial charge is 0.145 e. The molecular formula is C10H18N4. The lowest BCUT2D eigenvalue weighted by molar-refractivity contribution is 0.382. The maximum Gasteiger partial charge on any atom is 0.145 e. The summed E-state index contributed by atoms with van der Waals surface area (Å²) in [4.78, 5) is 0. The summed E-state index contributed by atoms with van der Waals surface area (Å²) in [5.41, 5.74) is 6.68. The van der Waals surface area contributed by atoms with Gasteiger partial charge in [-0.05, 0) is 32.2 Å². The highest BCUT2D eigenvalue weighted by molar-refractivity contribution is 5.28. The third kappa shape index (κ3) is 2.48. The molecule has 1 unspecified atom stereocenters. The standard InChI is InChI=1S/C10H18N4/c11-10-7-9(13-14-10)5-4-8-3-1-2-6-12-8/h7-8,12H,1-6H2,(H3,11,13,14). The quantitative estimate of drug-likeness (QED) is 0.674. The van der Waals surface area contributed by atoms with E-state index < -0.39 is 0 Å². The van der Waals surface area contributed by atoms with E-state index in [9.17, 15) is 0 Å². The Balaban J connectivity index is 1.76. The summed E-state index contributed by atoms with van der Waals surface area (Å²) in [6.45, 7) is 1.18. The van der Waals surface area contributed by atoms with Crippen LogP contribution < -0.4 is 11.1 Å². The van der Waals surface area contributed by atoms with Gasteiger partial charge in [-0.25, -0.2) is 0 Å². The molecule has 1 aliphatic rings. The molecule has 2 heterocycles. The van der Waals surface area contributed by atoms with Crippen LogP contribution in [0.25, 0.3) is 0 Å². The first-order valence-corrected chi connectivity index (χ1v) is 5.38. The Morgan fingerprint density at radius 3 is 3.07 bits per heavy atom. The molecule has 1 aromatic rings. The topological polar surface area (TPSA) is 66.7 Å². The Morgan fingerprint density at radius 1 is 1.50 bits per heavy atom. The van der Waals surface area contributed by atoms with Crippen molar-refractivity contribution in [2.24, 2.45) is 0 Å². The molecule has 0 amide bonds. The Labute approximate surface area is 84.3 Å². The molecule has 0 bridgehead atoms. The second kappa shape index (κ2) is 4.46. The van der Waals surface area contributed by atoms with Gasteiger partial charge < -0.3 is 11.1 Å². The van der Waals surface area contributed by atoms with Crippen LogP contribution in [-0.2, 0) is 6.42 Å². The van der Waals surface area contributed by atoms with Crippen LogP contribution in [0.4, 0.5) is 5.82 Å². The van der Waals surface area contributed by atoms with Crippen molar-refractivity contribution >= 4 is 5.82 Å². The van der Waals surface area contributed by atoms with Crippen LogP contribution in [0.1, 0.15) is 31.4 Å². The molecule has 0 spiro atoms. The highest BCUT2D eigenvalue weighted by atomic mass is 15.1. The molecule has 0 radical (unpaired) electrons. The van der Waals surface area contributed by atoms with Gasteiger partial charge in [0.15, 0.2) is 0 Å². The van der Waals surface area contributed by atoms with Gasteiger partial charge in [0.05, 0.1) is 0 Å². The zero-order valence-corrected chi connectivity index (χ0v) is 8.42. The van der Waals surface area contributed by atoms with E-state index in [1.54, 1.807) is 0 Å². The number of nitrogens with one attached hydrogen (secondary N) is 2. The van der Waals surface area contributed by atoms with E-state index in [0.29, 0.717) is 11.9 Å². The van der Waals surface area contributed by atoms with Crippen molar-refractivity contribution < 1.29 is 0 Å². The van der Waals surface area contributed by atoms with Gasteiger partial charge in [-0.3, -0.25) is 5.10 Å². The highest BCUT2D eigenvalue weighted by Crippen LogP contribution is 2.13. The summed E-state index contributed by atoms with van der Waals surface area (Å²) in [6, 6.07) is 2.61. The van der Waals surface area contributed by atoms with Gasteiger partial charge >= 0.3 is 0 Å². The summed E-state index contributed by atoms with van der Waals surface area (Å²) in [5, 5.41) is 10.4. The number of aromatic amines is 1. The summed E-state index contributed by atoms with van der Waals surface area (Å²) < 4.78 is 0. The summed E-state index contributed by atoms with van der Waals surface area (Å²) in [6.07, 6.45) is 6.23. The highest BCUT2D eigenvalue weighted by Gasteiger charge is 2.12. The van der Waals surface area contributed by atoms with Crippen molar-refractivity contribution in [3.05, 3.63) is 11.8 Å². The number of aryl methyl sites for hydroxylation is 1. The summed E-state index contributed by atoms with van der Waals surface area (Å²) in [7, 11) is 0. The van der Waals surface area contributed by atoms with Crippen molar-refractivity contribution in [2.75, 3.05) is 12.3 Å². The number of rotatable bonds is 3. The minimum atomic E-state index is 0.594. The zero-order chi connectivity index (χ0) is 9.80. The number of hydrogen-bond donors (Lipinski definition) is 3. The second-order valence-corrected chi connectivity index (χ2v) is 4.00. The molecule has 1 aromatic heterocycles. The third-order valence-electron chi connectivity index (χ3n) is 2.83. The maximum atomic E-state index is 5.53. The number of H-pyrrole nitrogens is 1. The molecule has 1 atom stereocenters. The van der Waals surface area contributed by atoms with E-state index in [-0.39, 0.29) is 0 Å². The Hall–Kier alpha value is -1.03. The average molecular weight is 194 g/mol. The number of piperidine rings is 1. The van der Waals surface area contributed by atoms with Gasteiger partial charge in [-0.15, -0.1) is 0 Å². The van der Waals surface area contributed by atoms with E-state index in [2.05, 4.69) is 15.5 Å². The maximum absolute atomic E-state index is 5.53. The van der Waals surface area contributed by atoms with Crippen LogP contribution in [0.2, 0.25) is 0 Å². The zero-order valence-electron chi connectivity index (χ0n) is 8.42.